The molecule has 1 aliphatic rings. The molecule has 1 aromatic carbocycles. The fraction of sp³-hybridized carbons (Fsp3) is 0.562. The number of ketones is 1. The lowest BCUT2D eigenvalue weighted by Gasteiger charge is -2.41. The van der Waals surface area contributed by atoms with Gasteiger partial charge >= 0.3 is 0 Å². The van der Waals surface area contributed by atoms with Crippen molar-refractivity contribution in [3.63, 3.8) is 0 Å². The van der Waals surface area contributed by atoms with Gasteiger partial charge in [-0.2, -0.15) is 0 Å². The maximum absolute atomic E-state index is 12.9. The second-order valence-corrected chi connectivity index (χ2v) is 5.54. The molecule has 0 bridgehead atoms. The molecule has 1 aromatic rings. The third-order valence-electron chi connectivity index (χ3n) is 4.31. The number of methoxy groups -OCH3 is 1. The van der Waals surface area contributed by atoms with E-state index >= 15 is 0 Å². The molecule has 0 amide bonds. The van der Waals surface area contributed by atoms with Crippen molar-refractivity contribution in [3.05, 3.63) is 29.8 Å². The van der Waals surface area contributed by atoms with Gasteiger partial charge in [-0.05, 0) is 51.2 Å². The minimum Gasteiger partial charge on any atom is -0.497 e. The average molecular weight is 261 g/mol. The van der Waals surface area contributed by atoms with Gasteiger partial charge in [-0.3, -0.25) is 9.69 Å². The monoisotopic (exact) mass is 261 g/mol. The molecule has 1 fully saturated rings. The third kappa shape index (κ3) is 2.66. The van der Waals surface area contributed by atoms with Crippen LogP contribution >= 0.6 is 0 Å². The van der Waals surface area contributed by atoms with Gasteiger partial charge in [0.05, 0.1) is 12.6 Å². The van der Waals surface area contributed by atoms with Crippen LogP contribution in [0.1, 0.15) is 42.5 Å². The van der Waals surface area contributed by atoms with Crippen LogP contribution < -0.4 is 4.74 Å². The number of nitrogens with zero attached hydrogens (tertiary/aromatic N) is 1. The summed E-state index contributed by atoms with van der Waals surface area (Å²) in [6, 6.07) is 7.47. The zero-order chi connectivity index (χ0) is 13.9. The van der Waals surface area contributed by atoms with Crippen molar-refractivity contribution in [1.82, 2.24) is 4.90 Å². The Morgan fingerprint density at radius 3 is 2.16 bits per heavy atom. The van der Waals surface area contributed by atoms with Crippen LogP contribution in [0.5, 0.6) is 5.75 Å². The smallest absolute Gasteiger partial charge is 0.183 e. The van der Waals surface area contributed by atoms with Crippen LogP contribution in [-0.2, 0) is 0 Å². The molecule has 2 rings (SSSR count). The summed E-state index contributed by atoms with van der Waals surface area (Å²) in [6.45, 7) is 0. The van der Waals surface area contributed by atoms with Crippen molar-refractivity contribution in [3.8, 4) is 5.75 Å². The van der Waals surface area contributed by atoms with Crippen LogP contribution in [0.4, 0.5) is 0 Å². The number of hydrogen-bond acceptors (Lipinski definition) is 3. The van der Waals surface area contributed by atoms with Crippen LogP contribution in [-0.4, -0.2) is 37.4 Å². The van der Waals surface area contributed by atoms with E-state index in [4.69, 9.17) is 4.74 Å². The fourth-order valence-corrected chi connectivity index (χ4v) is 3.03. The number of Topliss-reactive ketones (excluding diaryl/α,β-unsaturated/α-hetero) is 1. The summed E-state index contributed by atoms with van der Waals surface area (Å²) in [5, 5.41) is 0. The molecule has 1 saturated carbocycles. The van der Waals surface area contributed by atoms with Gasteiger partial charge in [0.2, 0.25) is 0 Å². The number of likely N-dealkylation sites (N-methyl/N-ethyl adjacent to an activating group) is 1. The Morgan fingerprint density at radius 2 is 1.68 bits per heavy atom. The van der Waals surface area contributed by atoms with Gasteiger partial charge in [-0.1, -0.05) is 19.3 Å². The molecule has 0 radical (unpaired) electrons. The maximum atomic E-state index is 12.9. The summed E-state index contributed by atoms with van der Waals surface area (Å²) < 4.78 is 5.15. The molecule has 0 unspecified atom stereocenters. The fourth-order valence-electron chi connectivity index (χ4n) is 3.03. The Labute approximate surface area is 115 Å². The molecule has 0 spiro atoms. The Hall–Kier alpha value is -1.35. The maximum Gasteiger partial charge on any atom is 0.183 e. The molecule has 19 heavy (non-hydrogen) atoms. The third-order valence-corrected chi connectivity index (χ3v) is 4.31. The van der Waals surface area contributed by atoms with E-state index in [2.05, 4.69) is 4.90 Å². The number of carbonyl (C=O) groups excluding carboxylic acids is 1. The van der Waals surface area contributed by atoms with Gasteiger partial charge in [0.25, 0.3) is 0 Å². The van der Waals surface area contributed by atoms with E-state index in [9.17, 15) is 4.79 Å². The molecule has 0 N–H and O–H groups in total. The Balaban J connectivity index is 2.28. The van der Waals surface area contributed by atoms with Crippen molar-refractivity contribution in [2.45, 2.75) is 37.6 Å². The lowest BCUT2D eigenvalue weighted by molar-refractivity contribution is 0.0564. The van der Waals surface area contributed by atoms with Crippen LogP contribution in [0.25, 0.3) is 0 Å². The van der Waals surface area contributed by atoms with Gasteiger partial charge in [0.1, 0.15) is 5.75 Å². The van der Waals surface area contributed by atoms with Crippen LogP contribution in [0, 0.1) is 0 Å². The normalized spacial score (nSPS) is 18.3. The second kappa shape index (κ2) is 5.74. The highest BCUT2D eigenvalue weighted by Gasteiger charge is 2.41. The Bertz CT molecular complexity index is 431. The first-order valence-corrected chi connectivity index (χ1v) is 6.96. The van der Waals surface area contributed by atoms with Crippen molar-refractivity contribution >= 4 is 5.78 Å². The largest absolute Gasteiger partial charge is 0.497 e. The Kier molecular flexibility index (Phi) is 4.25. The van der Waals surface area contributed by atoms with E-state index in [1.807, 2.05) is 38.4 Å². The number of benzene rings is 1. The topological polar surface area (TPSA) is 29.5 Å². The molecule has 0 aromatic heterocycles. The van der Waals surface area contributed by atoms with E-state index < -0.39 is 0 Å². The summed E-state index contributed by atoms with van der Waals surface area (Å²) in [5.74, 6) is 1.04. The van der Waals surface area contributed by atoms with E-state index in [1.165, 1.54) is 6.42 Å². The van der Waals surface area contributed by atoms with Crippen LogP contribution in [0.3, 0.4) is 0 Å². The standard InChI is InChI=1S/C16H23NO2/c1-17(2)16(11-5-4-6-12-16)15(18)13-7-9-14(19-3)10-8-13/h7-10H,4-6,11-12H2,1-3H3. The molecule has 104 valence electrons. The number of ether oxygens (including phenoxy) is 1. The van der Waals surface area contributed by atoms with Gasteiger partial charge < -0.3 is 4.74 Å². The predicted octanol–water partition coefficient (Wildman–Crippen LogP) is 3.14. The van der Waals surface area contributed by atoms with E-state index in [-0.39, 0.29) is 11.3 Å². The predicted molar refractivity (Wildman–Crippen MR) is 76.8 cm³/mol. The van der Waals surface area contributed by atoms with Crippen molar-refractivity contribution in [1.29, 1.82) is 0 Å². The van der Waals surface area contributed by atoms with Crippen LogP contribution in [0.2, 0.25) is 0 Å². The molecule has 3 heteroatoms. The number of rotatable bonds is 4. The van der Waals surface area contributed by atoms with Gasteiger partial charge in [-0.25, -0.2) is 0 Å². The van der Waals surface area contributed by atoms with Crippen molar-refractivity contribution < 1.29 is 9.53 Å². The minimum absolute atomic E-state index is 0.250. The molecule has 3 nitrogen and oxygen atoms in total. The number of carbonyl (C=O) groups is 1. The molecular formula is C16H23NO2. The highest BCUT2D eigenvalue weighted by Crippen LogP contribution is 2.35. The lowest BCUT2D eigenvalue weighted by Crippen LogP contribution is -2.52. The molecular weight excluding hydrogens is 238 g/mol. The molecule has 0 atom stereocenters. The van der Waals surface area contributed by atoms with Gasteiger partial charge in [0, 0.05) is 5.56 Å². The molecule has 0 heterocycles. The van der Waals surface area contributed by atoms with Crippen molar-refractivity contribution in [2.24, 2.45) is 0 Å². The molecule has 0 aliphatic heterocycles. The first-order valence-electron chi connectivity index (χ1n) is 6.96. The number of hydrogen-bond donors (Lipinski definition) is 0. The summed E-state index contributed by atoms with van der Waals surface area (Å²) >= 11 is 0. The summed E-state index contributed by atoms with van der Waals surface area (Å²) in [7, 11) is 5.68. The van der Waals surface area contributed by atoms with E-state index in [0.717, 1.165) is 37.0 Å². The van der Waals surface area contributed by atoms with E-state index in [1.54, 1.807) is 7.11 Å². The first-order chi connectivity index (χ1) is 9.10. The zero-order valence-corrected chi connectivity index (χ0v) is 12.1. The molecule has 1 aliphatic carbocycles. The molecule has 0 saturated heterocycles. The highest BCUT2D eigenvalue weighted by molar-refractivity contribution is 6.03. The van der Waals surface area contributed by atoms with Crippen molar-refractivity contribution in [2.75, 3.05) is 21.2 Å². The zero-order valence-electron chi connectivity index (χ0n) is 12.1. The average Bonchev–Trinajstić information content (AvgIpc) is 2.47. The quantitative estimate of drug-likeness (QED) is 0.780. The highest BCUT2D eigenvalue weighted by atomic mass is 16.5. The summed E-state index contributed by atoms with van der Waals surface area (Å²) in [5.41, 5.74) is 0.476. The minimum atomic E-state index is -0.313. The van der Waals surface area contributed by atoms with E-state index in [0.29, 0.717) is 0 Å². The lowest BCUT2D eigenvalue weighted by atomic mass is 9.75. The SMILES string of the molecule is COc1ccc(C(=O)C2(N(C)C)CCCCC2)cc1. The van der Waals surface area contributed by atoms with Gasteiger partial charge in [-0.15, -0.1) is 0 Å². The van der Waals surface area contributed by atoms with Gasteiger partial charge in [0.15, 0.2) is 5.78 Å². The second-order valence-electron chi connectivity index (χ2n) is 5.54. The Morgan fingerprint density at radius 1 is 1.11 bits per heavy atom. The first kappa shape index (κ1) is 14.1. The summed E-state index contributed by atoms with van der Waals surface area (Å²) in [4.78, 5) is 15.0. The summed E-state index contributed by atoms with van der Waals surface area (Å²) in [6.07, 6.45) is 5.45. The van der Waals surface area contributed by atoms with Crippen LogP contribution in [0.15, 0.2) is 24.3 Å².